The summed E-state index contributed by atoms with van der Waals surface area (Å²) < 4.78 is 12.2. The third-order valence-corrected chi connectivity index (χ3v) is 6.63. The molecule has 0 bridgehead atoms. The molecule has 3 heteroatoms. The van der Waals surface area contributed by atoms with Crippen molar-refractivity contribution in [2.45, 2.75) is 5.92 Å². The van der Waals surface area contributed by atoms with E-state index in [1.54, 1.807) is 6.07 Å². The van der Waals surface area contributed by atoms with Crippen LogP contribution in [0, 0.1) is 0 Å². The molecule has 0 fully saturated rings. The number of rotatable bonds is 1. The van der Waals surface area contributed by atoms with Gasteiger partial charge in [0.25, 0.3) is 0 Å². The number of hydrogen-bond donors (Lipinski definition) is 0. The molecule has 1 unspecified atom stereocenters. The molecule has 0 N–H and O–H groups in total. The smallest absolute Gasteiger partial charge is 0.344 e. The van der Waals surface area contributed by atoms with Crippen molar-refractivity contribution in [2.24, 2.45) is 0 Å². The highest BCUT2D eigenvalue weighted by molar-refractivity contribution is 5.93. The van der Waals surface area contributed by atoms with Crippen LogP contribution in [0.4, 0.5) is 0 Å². The average molecular weight is 426 g/mol. The minimum atomic E-state index is -0.361. The molecule has 6 aromatic rings. The summed E-state index contributed by atoms with van der Waals surface area (Å²) in [5, 5.41) is 5.29. The predicted molar refractivity (Wildman–Crippen MR) is 131 cm³/mol. The minimum absolute atomic E-state index is 0.305. The standard InChI is InChI=1S/C30H18O3/c31-30-28-26(21-14-13-18-7-1-2-9-20(18)17-21)27-22-10-4-3-8-19(22)15-16-25(27)32-29(28)23-11-5-6-12-24(23)33-30/h1-17,26H. The fourth-order valence-corrected chi connectivity index (χ4v) is 5.13. The van der Waals surface area contributed by atoms with Gasteiger partial charge in [-0.1, -0.05) is 84.9 Å². The van der Waals surface area contributed by atoms with Gasteiger partial charge in [0.2, 0.25) is 0 Å². The van der Waals surface area contributed by atoms with Gasteiger partial charge in [-0.25, -0.2) is 4.79 Å². The van der Waals surface area contributed by atoms with Crippen molar-refractivity contribution >= 4 is 32.5 Å². The van der Waals surface area contributed by atoms with Crippen LogP contribution in [0.2, 0.25) is 0 Å². The van der Waals surface area contributed by atoms with Crippen molar-refractivity contribution in [2.75, 3.05) is 0 Å². The maximum Gasteiger partial charge on any atom is 0.344 e. The second-order valence-electron chi connectivity index (χ2n) is 8.47. The average Bonchev–Trinajstić information content (AvgIpc) is 2.87. The zero-order valence-corrected chi connectivity index (χ0v) is 17.6. The third kappa shape index (κ3) is 2.66. The molecule has 3 nitrogen and oxygen atoms in total. The zero-order chi connectivity index (χ0) is 21.9. The summed E-state index contributed by atoms with van der Waals surface area (Å²) >= 11 is 0. The Kier molecular flexibility index (Phi) is 3.76. The number of ether oxygens (including phenoxy) is 1. The Morgan fingerprint density at radius 3 is 2.18 bits per heavy atom. The van der Waals surface area contributed by atoms with Crippen LogP contribution in [0.1, 0.15) is 22.6 Å². The van der Waals surface area contributed by atoms with Gasteiger partial charge in [-0.05, 0) is 45.3 Å². The van der Waals surface area contributed by atoms with E-state index in [-0.39, 0.29) is 11.5 Å². The van der Waals surface area contributed by atoms with Gasteiger partial charge >= 0.3 is 5.63 Å². The Morgan fingerprint density at radius 1 is 0.606 bits per heavy atom. The van der Waals surface area contributed by atoms with Crippen molar-refractivity contribution in [1.82, 2.24) is 0 Å². The van der Waals surface area contributed by atoms with Crippen LogP contribution >= 0.6 is 0 Å². The van der Waals surface area contributed by atoms with Crippen LogP contribution in [-0.4, -0.2) is 0 Å². The lowest BCUT2D eigenvalue weighted by Gasteiger charge is -2.29. The van der Waals surface area contributed by atoms with E-state index < -0.39 is 0 Å². The minimum Gasteiger partial charge on any atom is -0.456 e. The SMILES string of the molecule is O=c1oc2ccccc2c2c1C(c1ccc3ccccc3c1)c1c(ccc3ccccc13)O2. The van der Waals surface area contributed by atoms with E-state index in [0.717, 1.165) is 43.8 Å². The molecule has 0 spiro atoms. The largest absolute Gasteiger partial charge is 0.456 e. The molecule has 7 rings (SSSR count). The number of benzene rings is 5. The Balaban J connectivity index is 1.62. The summed E-state index contributed by atoms with van der Waals surface area (Å²) in [6, 6.07) is 34.6. The molecule has 1 aliphatic rings. The topological polar surface area (TPSA) is 39.4 Å². The van der Waals surface area contributed by atoms with Crippen LogP contribution < -0.4 is 10.4 Å². The van der Waals surface area contributed by atoms with E-state index in [0.29, 0.717) is 16.9 Å². The molecule has 33 heavy (non-hydrogen) atoms. The molecular weight excluding hydrogens is 408 g/mol. The molecule has 2 heterocycles. The molecule has 0 amide bonds. The number of fused-ring (bicyclic) bond motifs is 7. The highest BCUT2D eigenvalue weighted by Crippen LogP contribution is 2.50. The number of para-hydroxylation sites is 1. The lowest BCUT2D eigenvalue weighted by Crippen LogP contribution is -2.21. The molecule has 0 aliphatic carbocycles. The number of hydrogen-bond acceptors (Lipinski definition) is 3. The third-order valence-electron chi connectivity index (χ3n) is 6.63. The maximum atomic E-state index is 13.4. The quantitative estimate of drug-likeness (QED) is 0.257. The second kappa shape index (κ2) is 6.81. The first-order valence-corrected chi connectivity index (χ1v) is 11.0. The first-order chi connectivity index (χ1) is 16.3. The summed E-state index contributed by atoms with van der Waals surface area (Å²) in [5.41, 5.74) is 2.76. The molecule has 0 radical (unpaired) electrons. The van der Waals surface area contributed by atoms with Gasteiger partial charge in [0.15, 0.2) is 0 Å². The van der Waals surface area contributed by atoms with Gasteiger partial charge in [-0.15, -0.1) is 0 Å². The zero-order valence-electron chi connectivity index (χ0n) is 17.6. The van der Waals surface area contributed by atoms with Crippen molar-refractivity contribution in [3.8, 4) is 11.5 Å². The summed E-state index contributed by atoms with van der Waals surface area (Å²) in [6.45, 7) is 0. The first-order valence-electron chi connectivity index (χ1n) is 11.0. The van der Waals surface area contributed by atoms with Gasteiger partial charge in [0.1, 0.15) is 17.1 Å². The van der Waals surface area contributed by atoms with Gasteiger partial charge < -0.3 is 9.15 Å². The predicted octanol–water partition coefficient (Wildman–Crippen LogP) is 7.39. The van der Waals surface area contributed by atoms with E-state index in [4.69, 9.17) is 9.15 Å². The summed E-state index contributed by atoms with van der Waals surface area (Å²) in [7, 11) is 0. The monoisotopic (exact) mass is 426 g/mol. The molecular formula is C30H18O3. The lowest BCUT2D eigenvalue weighted by molar-refractivity contribution is 0.441. The van der Waals surface area contributed by atoms with Crippen LogP contribution in [0.3, 0.4) is 0 Å². The fraction of sp³-hybridized carbons (Fsp3) is 0.0333. The fourth-order valence-electron chi connectivity index (χ4n) is 5.13. The van der Waals surface area contributed by atoms with Gasteiger partial charge in [0, 0.05) is 11.5 Å². The Bertz CT molecular complexity index is 1780. The van der Waals surface area contributed by atoms with Crippen LogP contribution in [0.15, 0.2) is 112 Å². The van der Waals surface area contributed by atoms with Crippen LogP contribution in [0.25, 0.3) is 32.5 Å². The summed E-state index contributed by atoms with van der Waals surface area (Å²) in [5.74, 6) is 1.05. The Hall–Kier alpha value is -4.37. The highest BCUT2D eigenvalue weighted by Gasteiger charge is 2.35. The first kappa shape index (κ1) is 18.2. The van der Waals surface area contributed by atoms with E-state index in [1.165, 1.54) is 0 Å². The Morgan fingerprint density at radius 2 is 1.30 bits per heavy atom. The normalized spacial score (nSPS) is 14.7. The molecule has 0 saturated heterocycles. The van der Waals surface area contributed by atoms with Gasteiger partial charge in [-0.3, -0.25) is 0 Å². The van der Waals surface area contributed by atoms with Gasteiger partial charge in [-0.2, -0.15) is 0 Å². The maximum absolute atomic E-state index is 13.4. The Labute approximate surface area is 189 Å². The summed E-state index contributed by atoms with van der Waals surface area (Å²) in [6.07, 6.45) is 0. The molecule has 1 atom stereocenters. The van der Waals surface area contributed by atoms with Crippen LogP contribution in [0.5, 0.6) is 11.5 Å². The van der Waals surface area contributed by atoms with E-state index in [2.05, 4.69) is 48.5 Å². The van der Waals surface area contributed by atoms with Crippen molar-refractivity contribution in [3.63, 3.8) is 0 Å². The molecule has 1 aromatic heterocycles. The molecule has 1 aliphatic heterocycles. The van der Waals surface area contributed by atoms with Gasteiger partial charge in [0.05, 0.1) is 10.9 Å². The molecule has 0 saturated carbocycles. The second-order valence-corrected chi connectivity index (χ2v) is 8.47. The summed E-state index contributed by atoms with van der Waals surface area (Å²) in [4.78, 5) is 13.4. The van der Waals surface area contributed by atoms with E-state index in [1.807, 2.05) is 48.5 Å². The molecule has 5 aromatic carbocycles. The van der Waals surface area contributed by atoms with Crippen molar-refractivity contribution in [3.05, 3.63) is 130 Å². The van der Waals surface area contributed by atoms with E-state index >= 15 is 0 Å². The molecule has 156 valence electrons. The highest BCUT2D eigenvalue weighted by atomic mass is 16.5. The van der Waals surface area contributed by atoms with Crippen molar-refractivity contribution < 1.29 is 9.15 Å². The lowest BCUT2D eigenvalue weighted by atomic mass is 9.80. The van der Waals surface area contributed by atoms with Crippen LogP contribution in [-0.2, 0) is 0 Å². The van der Waals surface area contributed by atoms with Crippen molar-refractivity contribution in [1.29, 1.82) is 0 Å². The van der Waals surface area contributed by atoms with E-state index in [9.17, 15) is 4.79 Å².